The Kier molecular flexibility index (Phi) is 3.29. The molecule has 4 heteroatoms. The lowest BCUT2D eigenvalue weighted by molar-refractivity contribution is -0.0848. The van der Waals surface area contributed by atoms with Crippen molar-refractivity contribution in [2.75, 3.05) is 7.11 Å². The summed E-state index contributed by atoms with van der Waals surface area (Å²) in [6.07, 6.45) is 13.7. The van der Waals surface area contributed by atoms with Crippen LogP contribution >= 0.6 is 0 Å². The predicted molar refractivity (Wildman–Crippen MR) is 86.9 cm³/mol. The van der Waals surface area contributed by atoms with Crippen molar-refractivity contribution in [3.8, 4) is 0 Å². The summed E-state index contributed by atoms with van der Waals surface area (Å²) in [6.45, 7) is 2.13. The second-order valence-corrected chi connectivity index (χ2v) is 8.40. The van der Waals surface area contributed by atoms with E-state index < -0.39 is 12.4 Å². The molecule has 4 saturated carbocycles. The first kappa shape index (κ1) is 14.8. The summed E-state index contributed by atoms with van der Waals surface area (Å²) in [7, 11) is 0.375. The SMILES string of the molecule is COC1=CC(C)C(B(O)O)(C23CC4CC(CC(C4)C2)C3)C=C1. The van der Waals surface area contributed by atoms with Gasteiger partial charge in [0.1, 0.15) is 5.76 Å². The van der Waals surface area contributed by atoms with Crippen LogP contribution in [0.25, 0.3) is 0 Å². The zero-order valence-corrected chi connectivity index (χ0v) is 13.7. The van der Waals surface area contributed by atoms with E-state index in [0.717, 1.165) is 23.5 Å². The first-order valence-corrected chi connectivity index (χ1v) is 8.80. The van der Waals surface area contributed by atoms with E-state index in [-0.39, 0.29) is 11.3 Å². The van der Waals surface area contributed by atoms with Crippen LogP contribution in [-0.4, -0.2) is 24.3 Å². The van der Waals surface area contributed by atoms with E-state index >= 15 is 0 Å². The van der Waals surface area contributed by atoms with E-state index in [0.29, 0.717) is 0 Å². The van der Waals surface area contributed by atoms with Crippen molar-refractivity contribution < 1.29 is 14.8 Å². The van der Waals surface area contributed by atoms with Gasteiger partial charge in [-0.1, -0.05) is 13.0 Å². The molecule has 2 atom stereocenters. The summed E-state index contributed by atoms with van der Waals surface area (Å²) in [5, 5.41) is 20.4. The van der Waals surface area contributed by atoms with Crippen LogP contribution in [0.5, 0.6) is 0 Å². The molecule has 0 aromatic carbocycles. The fourth-order valence-electron chi connectivity index (χ4n) is 6.84. The molecule has 2 unspecified atom stereocenters. The largest absolute Gasteiger partial charge is 0.497 e. The summed E-state index contributed by atoms with van der Waals surface area (Å²) >= 11 is 0. The van der Waals surface area contributed by atoms with Crippen molar-refractivity contribution in [1.82, 2.24) is 0 Å². The lowest BCUT2D eigenvalue weighted by atomic mass is 9.32. The van der Waals surface area contributed by atoms with Crippen molar-refractivity contribution in [2.45, 2.75) is 50.8 Å². The topological polar surface area (TPSA) is 49.7 Å². The van der Waals surface area contributed by atoms with Crippen LogP contribution in [-0.2, 0) is 4.74 Å². The highest BCUT2D eigenvalue weighted by Crippen LogP contribution is 2.72. The minimum absolute atomic E-state index is 0.0571. The molecule has 22 heavy (non-hydrogen) atoms. The van der Waals surface area contributed by atoms with E-state index in [1.54, 1.807) is 7.11 Å². The number of allylic oxidation sites excluding steroid dienone is 3. The van der Waals surface area contributed by atoms with Crippen molar-refractivity contribution in [3.05, 3.63) is 24.0 Å². The van der Waals surface area contributed by atoms with Gasteiger partial charge in [-0.25, -0.2) is 0 Å². The van der Waals surface area contributed by atoms with Crippen LogP contribution < -0.4 is 0 Å². The second kappa shape index (κ2) is 4.88. The maximum atomic E-state index is 10.5. The van der Waals surface area contributed by atoms with Gasteiger partial charge < -0.3 is 14.8 Å². The van der Waals surface area contributed by atoms with Gasteiger partial charge in [-0.2, -0.15) is 0 Å². The third-order valence-electron chi connectivity index (χ3n) is 7.31. The van der Waals surface area contributed by atoms with Gasteiger partial charge in [-0.15, -0.1) is 0 Å². The van der Waals surface area contributed by atoms with Crippen LogP contribution in [0.15, 0.2) is 24.0 Å². The highest BCUT2D eigenvalue weighted by atomic mass is 16.5. The molecule has 0 amide bonds. The molecule has 5 aliphatic rings. The molecule has 4 bridgehead atoms. The van der Waals surface area contributed by atoms with Crippen LogP contribution in [0.4, 0.5) is 0 Å². The molecule has 2 N–H and O–H groups in total. The molecule has 0 saturated heterocycles. The molecular formula is C18H27BO3. The molecule has 0 heterocycles. The van der Waals surface area contributed by atoms with Crippen molar-refractivity contribution >= 4 is 7.12 Å². The monoisotopic (exact) mass is 302 g/mol. The van der Waals surface area contributed by atoms with E-state index in [2.05, 4.69) is 19.1 Å². The molecule has 0 spiro atoms. The fourth-order valence-corrected chi connectivity index (χ4v) is 6.84. The van der Waals surface area contributed by atoms with Gasteiger partial charge in [0.05, 0.1) is 7.11 Å². The zero-order valence-electron chi connectivity index (χ0n) is 13.7. The second-order valence-electron chi connectivity index (χ2n) is 8.40. The van der Waals surface area contributed by atoms with Gasteiger partial charge in [0.25, 0.3) is 0 Å². The average Bonchev–Trinajstić information content (AvgIpc) is 2.45. The van der Waals surface area contributed by atoms with Crippen molar-refractivity contribution in [3.63, 3.8) is 0 Å². The van der Waals surface area contributed by atoms with Gasteiger partial charge in [0.2, 0.25) is 0 Å². The van der Waals surface area contributed by atoms with Gasteiger partial charge >= 0.3 is 7.12 Å². The molecule has 3 nitrogen and oxygen atoms in total. The molecule has 5 aliphatic carbocycles. The van der Waals surface area contributed by atoms with Crippen LogP contribution in [0.1, 0.15) is 45.4 Å². The Morgan fingerprint density at radius 1 is 1.09 bits per heavy atom. The van der Waals surface area contributed by atoms with Gasteiger partial charge in [-0.05, 0) is 79.8 Å². The molecule has 0 aromatic heterocycles. The van der Waals surface area contributed by atoms with Gasteiger partial charge in [0.15, 0.2) is 0 Å². The number of hydrogen-bond acceptors (Lipinski definition) is 3. The highest BCUT2D eigenvalue weighted by molar-refractivity contribution is 6.47. The number of hydrogen-bond donors (Lipinski definition) is 2. The normalized spacial score (nSPS) is 49.2. The van der Waals surface area contributed by atoms with Gasteiger partial charge in [-0.3, -0.25) is 0 Å². The average molecular weight is 302 g/mol. The first-order chi connectivity index (χ1) is 10.5. The zero-order chi connectivity index (χ0) is 15.5. The van der Waals surface area contributed by atoms with Crippen LogP contribution in [0, 0.1) is 29.1 Å². The standard InChI is InChI=1S/C18H27BO3/c1-12-5-16(22-2)3-4-18(12,19(20)21)17-9-13-6-14(10-17)8-15(7-13)11-17/h3-5,12-15,20-21H,6-11H2,1-2H3. The number of ether oxygens (including phenoxy) is 1. The molecule has 0 aliphatic heterocycles. The maximum absolute atomic E-state index is 10.5. The molecule has 0 radical (unpaired) electrons. The summed E-state index contributed by atoms with van der Waals surface area (Å²) in [4.78, 5) is 0. The van der Waals surface area contributed by atoms with E-state index in [4.69, 9.17) is 4.74 Å². The van der Waals surface area contributed by atoms with E-state index in [1.165, 1.54) is 38.5 Å². The van der Waals surface area contributed by atoms with E-state index in [1.807, 2.05) is 6.08 Å². The molecule has 0 aromatic rings. The van der Waals surface area contributed by atoms with Crippen LogP contribution in [0.2, 0.25) is 5.31 Å². The summed E-state index contributed by atoms with van der Waals surface area (Å²) in [6, 6.07) is 0. The molecule has 4 fully saturated rings. The molecule has 120 valence electrons. The quantitative estimate of drug-likeness (QED) is 0.787. The summed E-state index contributed by atoms with van der Waals surface area (Å²) < 4.78 is 5.36. The molecular weight excluding hydrogens is 275 g/mol. The fraction of sp³-hybridized carbons (Fsp3) is 0.778. The number of methoxy groups -OCH3 is 1. The third kappa shape index (κ3) is 1.83. The Morgan fingerprint density at radius 2 is 1.64 bits per heavy atom. The van der Waals surface area contributed by atoms with Gasteiger partial charge in [0, 0.05) is 5.31 Å². The Bertz CT molecular complexity index is 489. The lowest BCUT2D eigenvalue weighted by Crippen LogP contribution is -2.58. The minimum atomic E-state index is -1.30. The highest BCUT2D eigenvalue weighted by Gasteiger charge is 2.65. The Balaban J connectivity index is 1.77. The molecule has 5 rings (SSSR count). The summed E-state index contributed by atoms with van der Waals surface area (Å²) in [5.41, 5.74) is 0.0571. The lowest BCUT2D eigenvalue weighted by Gasteiger charge is -2.64. The Labute approximate surface area is 133 Å². The predicted octanol–water partition coefficient (Wildman–Crippen LogP) is 3.15. The van der Waals surface area contributed by atoms with Crippen LogP contribution in [0.3, 0.4) is 0 Å². The van der Waals surface area contributed by atoms with E-state index in [9.17, 15) is 10.0 Å². The first-order valence-electron chi connectivity index (χ1n) is 8.80. The third-order valence-corrected chi connectivity index (χ3v) is 7.31. The Hall–Kier alpha value is -0.735. The summed E-state index contributed by atoms with van der Waals surface area (Å²) in [5.74, 6) is 3.33. The van der Waals surface area contributed by atoms with Crippen molar-refractivity contribution in [1.29, 1.82) is 0 Å². The maximum Gasteiger partial charge on any atom is 0.463 e. The minimum Gasteiger partial charge on any atom is -0.497 e. The van der Waals surface area contributed by atoms with Crippen molar-refractivity contribution in [2.24, 2.45) is 29.1 Å². The number of rotatable bonds is 3. The smallest absolute Gasteiger partial charge is 0.463 e. The Morgan fingerprint density at radius 3 is 2.05 bits per heavy atom.